The van der Waals surface area contributed by atoms with Crippen molar-refractivity contribution in [3.05, 3.63) is 53.1 Å². The molecule has 0 aromatic heterocycles. The number of benzene rings is 2. The predicted octanol–water partition coefficient (Wildman–Crippen LogP) is 3.93. The van der Waals surface area contributed by atoms with Gasteiger partial charge in [0.15, 0.2) is 0 Å². The smallest absolute Gasteiger partial charge is 0.123 e. The molecule has 0 bridgehead atoms. The summed E-state index contributed by atoms with van der Waals surface area (Å²) in [7, 11) is 0. The lowest BCUT2D eigenvalue weighted by molar-refractivity contribution is 0.340. The lowest BCUT2D eigenvalue weighted by atomic mass is 10.2. The van der Waals surface area contributed by atoms with Crippen molar-refractivity contribution in [3.63, 3.8) is 0 Å². The second-order valence-electron chi connectivity index (χ2n) is 4.21. The number of nitrogens with two attached hydrogens (primary N) is 1. The Labute approximate surface area is 118 Å². The van der Waals surface area contributed by atoms with Crippen molar-refractivity contribution in [2.75, 3.05) is 17.7 Å². The molecule has 2 rings (SSSR count). The molecule has 0 aliphatic carbocycles. The van der Waals surface area contributed by atoms with Gasteiger partial charge in [-0.05, 0) is 30.7 Å². The molecule has 2 aromatic carbocycles. The van der Waals surface area contributed by atoms with Crippen LogP contribution in [0.3, 0.4) is 0 Å². The van der Waals surface area contributed by atoms with Crippen LogP contribution in [-0.4, -0.2) is 6.61 Å². The molecule has 0 aliphatic rings. The summed E-state index contributed by atoms with van der Waals surface area (Å²) >= 11 is 5.95. The molecule has 3 N–H and O–H groups in total. The van der Waals surface area contributed by atoms with Crippen molar-refractivity contribution >= 4 is 23.0 Å². The summed E-state index contributed by atoms with van der Waals surface area (Å²) in [6.07, 6.45) is 0. The average molecular weight is 277 g/mol. The van der Waals surface area contributed by atoms with E-state index in [1.165, 1.54) is 0 Å². The summed E-state index contributed by atoms with van der Waals surface area (Å²) in [6.45, 7) is 3.26. The van der Waals surface area contributed by atoms with E-state index in [9.17, 15) is 0 Å². The Morgan fingerprint density at radius 1 is 1.21 bits per heavy atom. The molecule has 0 heterocycles. The van der Waals surface area contributed by atoms with Crippen LogP contribution in [0.1, 0.15) is 12.5 Å². The van der Waals surface area contributed by atoms with Gasteiger partial charge < -0.3 is 15.8 Å². The highest BCUT2D eigenvalue weighted by molar-refractivity contribution is 6.30. The van der Waals surface area contributed by atoms with Crippen LogP contribution in [0.4, 0.5) is 11.4 Å². The Balaban J connectivity index is 2.06. The number of hydrogen-bond donors (Lipinski definition) is 2. The first-order chi connectivity index (χ1) is 9.17. The zero-order valence-corrected chi connectivity index (χ0v) is 11.6. The third-order valence-electron chi connectivity index (χ3n) is 2.63. The topological polar surface area (TPSA) is 47.3 Å². The van der Waals surface area contributed by atoms with Gasteiger partial charge in [-0.15, -0.1) is 0 Å². The van der Waals surface area contributed by atoms with Gasteiger partial charge in [-0.2, -0.15) is 0 Å². The van der Waals surface area contributed by atoms with Crippen LogP contribution in [-0.2, 0) is 6.54 Å². The molecule has 0 spiro atoms. The zero-order chi connectivity index (χ0) is 13.7. The fourth-order valence-corrected chi connectivity index (χ4v) is 2.04. The van der Waals surface area contributed by atoms with E-state index < -0.39 is 0 Å². The van der Waals surface area contributed by atoms with E-state index in [-0.39, 0.29) is 0 Å². The van der Waals surface area contributed by atoms with Crippen LogP contribution < -0.4 is 15.8 Å². The Bertz CT molecular complexity index is 558. The van der Waals surface area contributed by atoms with Crippen LogP contribution >= 0.6 is 11.6 Å². The van der Waals surface area contributed by atoms with E-state index in [0.29, 0.717) is 18.8 Å². The van der Waals surface area contributed by atoms with E-state index >= 15 is 0 Å². The SMILES string of the molecule is CCOc1cc(N)cc(NCc2cccc(Cl)c2)c1. The quantitative estimate of drug-likeness (QED) is 0.814. The van der Waals surface area contributed by atoms with Crippen molar-refractivity contribution in [3.8, 4) is 5.75 Å². The Morgan fingerprint density at radius 3 is 2.79 bits per heavy atom. The summed E-state index contributed by atoms with van der Waals surface area (Å²) in [5, 5.41) is 4.05. The standard InChI is InChI=1S/C15H17ClN2O/c1-2-19-15-8-13(17)7-14(9-15)18-10-11-4-3-5-12(16)6-11/h3-9,18H,2,10,17H2,1H3. The van der Waals surface area contributed by atoms with Gasteiger partial charge in [0.25, 0.3) is 0 Å². The number of nitrogens with one attached hydrogen (secondary N) is 1. The third-order valence-corrected chi connectivity index (χ3v) is 2.86. The molecule has 0 radical (unpaired) electrons. The minimum absolute atomic E-state index is 0.622. The van der Waals surface area contributed by atoms with E-state index in [1.807, 2.05) is 49.4 Å². The molecule has 0 fully saturated rings. The first kappa shape index (κ1) is 13.6. The average Bonchev–Trinajstić information content (AvgIpc) is 2.36. The maximum atomic E-state index is 5.95. The molecule has 0 saturated heterocycles. The molecule has 100 valence electrons. The molecule has 2 aromatic rings. The van der Waals surface area contributed by atoms with Gasteiger partial charge in [-0.3, -0.25) is 0 Å². The van der Waals surface area contributed by atoms with Crippen LogP contribution in [0.5, 0.6) is 5.75 Å². The first-order valence-corrected chi connectivity index (χ1v) is 6.57. The molecule has 0 amide bonds. The van der Waals surface area contributed by atoms with Crippen LogP contribution in [0.15, 0.2) is 42.5 Å². The molecule has 0 unspecified atom stereocenters. The Kier molecular flexibility index (Phi) is 4.53. The monoisotopic (exact) mass is 276 g/mol. The molecule has 0 aliphatic heterocycles. The fraction of sp³-hybridized carbons (Fsp3) is 0.200. The van der Waals surface area contributed by atoms with Gasteiger partial charge in [0.1, 0.15) is 5.75 Å². The highest BCUT2D eigenvalue weighted by Crippen LogP contribution is 2.23. The zero-order valence-electron chi connectivity index (χ0n) is 10.8. The number of anilines is 2. The third kappa shape index (κ3) is 4.07. The normalized spacial score (nSPS) is 10.2. The molecule has 0 atom stereocenters. The minimum atomic E-state index is 0.622. The van der Waals surface area contributed by atoms with E-state index in [2.05, 4.69) is 5.32 Å². The van der Waals surface area contributed by atoms with Gasteiger partial charge in [-0.1, -0.05) is 23.7 Å². The maximum Gasteiger partial charge on any atom is 0.123 e. The number of nitrogen functional groups attached to an aromatic ring is 1. The summed E-state index contributed by atoms with van der Waals surface area (Å²) in [6, 6.07) is 13.4. The van der Waals surface area contributed by atoms with Crippen LogP contribution in [0, 0.1) is 0 Å². The van der Waals surface area contributed by atoms with E-state index in [0.717, 1.165) is 22.0 Å². The number of rotatable bonds is 5. The number of halogens is 1. The fourth-order valence-electron chi connectivity index (χ4n) is 1.83. The Hall–Kier alpha value is -1.87. The van der Waals surface area contributed by atoms with E-state index in [1.54, 1.807) is 0 Å². The second kappa shape index (κ2) is 6.34. The summed E-state index contributed by atoms with van der Waals surface area (Å²) in [5.74, 6) is 0.774. The summed E-state index contributed by atoms with van der Waals surface area (Å²) in [5.41, 5.74) is 8.57. The van der Waals surface area contributed by atoms with Gasteiger partial charge in [0.2, 0.25) is 0 Å². The largest absolute Gasteiger partial charge is 0.494 e. The highest BCUT2D eigenvalue weighted by atomic mass is 35.5. The lowest BCUT2D eigenvalue weighted by Crippen LogP contribution is -2.01. The molecule has 3 nitrogen and oxygen atoms in total. The van der Waals surface area contributed by atoms with Crippen LogP contribution in [0.25, 0.3) is 0 Å². The van der Waals surface area contributed by atoms with Crippen molar-refractivity contribution in [2.45, 2.75) is 13.5 Å². The van der Waals surface area contributed by atoms with Gasteiger partial charge in [-0.25, -0.2) is 0 Å². The van der Waals surface area contributed by atoms with Crippen molar-refractivity contribution in [1.29, 1.82) is 0 Å². The maximum absolute atomic E-state index is 5.95. The lowest BCUT2D eigenvalue weighted by Gasteiger charge is -2.10. The molecular formula is C15H17ClN2O. The van der Waals surface area contributed by atoms with Gasteiger partial charge >= 0.3 is 0 Å². The van der Waals surface area contributed by atoms with Crippen LogP contribution in [0.2, 0.25) is 5.02 Å². The Morgan fingerprint density at radius 2 is 2.05 bits per heavy atom. The molecule has 4 heteroatoms. The molecule has 0 saturated carbocycles. The van der Waals surface area contributed by atoms with Crippen molar-refractivity contribution < 1.29 is 4.74 Å². The number of ether oxygens (including phenoxy) is 1. The van der Waals surface area contributed by atoms with Crippen molar-refractivity contribution in [1.82, 2.24) is 0 Å². The van der Waals surface area contributed by atoms with Gasteiger partial charge in [0.05, 0.1) is 6.61 Å². The minimum Gasteiger partial charge on any atom is -0.494 e. The second-order valence-corrected chi connectivity index (χ2v) is 4.64. The molecule has 19 heavy (non-hydrogen) atoms. The van der Waals surface area contributed by atoms with Crippen molar-refractivity contribution in [2.24, 2.45) is 0 Å². The highest BCUT2D eigenvalue weighted by Gasteiger charge is 2.00. The predicted molar refractivity (Wildman–Crippen MR) is 80.8 cm³/mol. The number of hydrogen-bond acceptors (Lipinski definition) is 3. The first-order valence-electron chi connectivity index (χ1n) is 6.19. The summed E-state index contributed by atoms with van der Waals surface area (Å²) < 4.78 is 5.46. The van der Waals surface area contributed by atoms with E-state index in [4.69, 9.17) is 22.1 Å². The molecular weight excluding hydrogens is 260 g/mol. The van der Waals surface area contributed by atoms with Gasteiger partial charge in [0, 0.05) is 35.1 Å². The summed E-state index contributed by atoms with van der Waals surface area (Å²) in [4.78, 5) is 0.